The van der Waals surface area contributed by atoms with Gasteiger partial charge in [-0.25, -0.2) is 24.5 Å². The van der Waals surface area contributed by atoms with Crippen molar-refractivity contribution in [1.29, 1.82) is 0 Å². The van der Waals surface area contributed by atoms with E-state index < -0.39 is 11.9 Å². The second-order valence-corrected chi connectivity index (χ2v) is 4.94. The number of nitrogens with zero attached hydrogens (tertiary/aromatic N) is 3. The summed E-state index contributed by atoms with van der Waals surface area (Å²) in [6, 6.07) is 0. The molecule has 8 nitrogen and oxygen atoms in total. The van der Waals surface area contributed by atoms with Crippen LogP contribution in [-0.2, 0) is 43.1 Å². The van der Waals surface area contributed by atoms with Crippen LogP contribution in [-0.4, -0.2) is 53.3 Å². The summed E-state index contributed by atoms with van der Waals surface area (Å²) in [6.07, 6.45) is 5.01. The van der Waals surface area contributed by atoms with Gasteiger partial charge in [0.2, 0.25) is 0 Å². The van der Waals surface area contributed by atoms with Crippen LogP contribution in [0.25, 0.3) is 0 Å². The molecule has 1 aromatic rings. The molecule has 1 heterocycles. The minimum absolute atomic E-state index is 0.131. The van der Waals surface area contributed by atoms with Crippen molar-refractivity contribution in [3.8, 4) is 0 Å². The van der Waals surface area contributed by atoms with Crippen LogP contribution in [0.15, 0.2) is 38.0 Å². The van der Waals surface area contributed by atoms with Gasteiger partial charge < -0.3 is 14.2 Å². The highest BCUT2D eigenvalue weighted by atomic mass is 16.5. The molecular formula is C18H23N3O5. The van der Waals surface area contributed by atoms with E-state index in [9.17, 15) is 9.59 Å². The van der Waals surface area contributed by atoms with Crippen molar-refractivity contribution in [3.05, 3.63) is 55.4 Å². The van der Waals surface area contributed by atoms with Gasteiger partial charge in [0.25, 0.3) is 0 Å². The molecule has 0 atom stereocenters. The monoisotopic (exact) mass is 361 g/mol. The van der Waals surface area contributed by atoms with Gasteiger partial charge in [0.1, 0.15) is 17.5 Å². The minimum atomic E-state index is -0.506. The van der Waals surface area contributed by atoms with E-state index in [1.165, 1.54) is 0 Å². The third-order valence-electron chi connectivity index (χ3n) is 2.95. The third-order valence-corrected chi connectivity index (χ3v) is 2.95. The lowest BCUT2D eigenvalue weighted by Crippen LogP contribution is -2.15. The van der Waals surface area contributed by atoms with Crippen LogP contribution in [0.5, 0.6) is 0 Å². The fraction of sp³-hybridized carbons (Fsp3) is 0.389. The van der Waals surface area contributed by atoms with Crippen molar-refractivity contribution < 1.29 is 23.8 Å². The lowest BCUT2D eigenvalue weighted by Gasteiger charge is -2.08. The van der Waals surface area contributed by atoms with Crippen molar-refractivity contribution in [2.45, 2.75) is 19.3 Å². The smallest absolute Gasteiger partial charge is 0.330 e. The van der Waals surface area contributed by atoms with Gasteiger partial charge in [-0.15, -0.1) is 6.58 Å². The predicted molar refractivity (Wildman–Crippen MR) is 94.3 cm³/mol. The molecule has 8 heteroatoms. The molecule has 0 aromatic carbocycles. The van der Waals surface area contributed by atoms with Crippen molar-refractivity contribution >= 4 is 11.9 Å². The maximum atomic E-state index is 11.1. The molecule has 0 spiro atoms. The van der Waals surface area contributed by atoms with E-state index in [4.69, 9.17) is 14.2 Å². The molecular weight excluding hydrogens is 338 g/mol. The molecule has 0 fully saturated rings. The van der Waals surface area contributed by atoms with Gasteiger partial charge >= 0.3 is 11.9 Å². The SMILES string of the molecule is C=CCOCCc1nc(CCOC(=O)C=C)nc(CCOC(=O)C=C)n1. The van der Waals surface area contributed by atoms with Gasteiger partial charge in [0, 0.05) is 31.4 Å². The van der Waals surface area contributed by atoms with E-state index in [-0.39, 0.29) is 13.2 Å². The molecule has 1 rings (SSSR count). The van der Waals surface area contributed by atoms with E-state index in [1.807, 2.05) is 0 Å². The Morgan fingerprint density at radius 3 is 1.58 bits per heavy atom. The highest BCUT2D eigenvalue weighted by Gasteiger charge is 2.09. The summed E-state index contributed by atoms with van der Waals surface area (Å²) < 4.78 is 15.2. The molecule has 0 N–H and O–H groups in total. The molecule has 140 valence electrons. The summed E-state index contributed by atoms with van der Waals surface area (Å²) >= 11 is 0. The Kier molecular flexibility index (Phi) is 10.2. The van der Waals surface area contributed by atoms with Gasteiger partial charge in [-0.1, -0.05) is 19.2 Å². The van der Waals surface area contributed by atoms with Crippen LogP contribution >= 0.6 is 0 Å². The second kappa shape index (κ2) is 12.5. The maximum absolute atomic E-state index is 11.1. The summed E-state index contributed by atoms with van der Waals surface area (Å²) in [5.74, 6) is 0.516. The topological polar surface area (TPSA) is 101 Å². The van der Waals surface area contributed by atoms with Gasteiger partial charge in [-0.3, -0.25) is 0 Å². The maximum Gasteiger partial charge on any atom is 0.330 e. The van der Waals surface area contributed by atoms with Crippen LogP contribution in [0, 0.1) is 0 Å². The Bertz CT molecular complexity index is 601. The molecule has 0 aliphatic rings. The third kappa shape index (κ3) is 8.84. The lowest BCUT2D eigenvalue weighted by molar-refractivity contribution is -0.138. The number of aromatic nitrogens is 3. The van der Waals surface area contributed by atoms with Crippen LogP contribution in [0.3, 0.4) is 0 Å². The number of carbonyl (C=O) groups is 2. The highest BCUT2D eigenvalue weighted by molar-refractivity contribution is 5.81. The average Bonchev–Trinajstić information content (AvgIpc) is 2.65. The number of ether oxygens (including phenoxy) is 3. The quantitative estimate of drug-likeness (QED) is 0.223. The Balaban J connectivity index is 2.71. The highest BCUT2D eigenvalue weighted by Crippen LogP contribution is 2.02. The second-order valence-electron chi connectivity index (χ2n) is 4.94. The minimum Gasteiger partial charge on any atom is -0.462 e. The summed E-state index contributed by atoms with van der Waals surface area (Å²) in [4.78, 5) is 35.2. The normalized spacial score (nSPS) is 10.0. The van der Waals surface area contributed by atoms with Crippen LogP contribution in [0.4, 0.5) is 0 Å². The number of esters is 2. The zero-order chi connectivity index (χ0) is 19.2. The molecule has 0 saturated heterocycles. The summed E-state index contributed by atoms with van der Waals surface area (Å²) in [6.45, 7) is 11.4. The van der Waals surface area contributed by atoms with Crippen molar-refractivity contribution in [3.63, 3.8) is 0 Å². The molecule has 0 saturated carbocycles. The summed E-state index contributed by atoms with van der Waals surface area (Å²) in [5, 5.41) is 0. The Hall–Kier alpha value is -2.87. The van der Waals surface area contributed by atoms with Gasteiger partial charge in [0.15, 0.2) is 0 Å². The fourth-order valence-corrected chi connectivity index (χ4v) is 1.79. The van der Waals surface area contributed by atoms with E-state index in [0.29, 0.717) is 49.9 Å². The predicted octanol–water partition coefficient (Wildman–Crippen LogP) is 1.16. The van der Waals surface area contributed by atoms with E-state index >= 15 is 0 Å². The number of hydrogen-bond donors (Lipinski definition) is 0. The van der Waals surface area contributed by atoms with Crippen LogP contribution in [0.1, 0.15) is 17.5 Å². The first kappa shape index (κ1) is 21.2. The van der Waals surface area contributed by atoms with Gasteiger partial charge in [-0.05, 0) is 0 Å². The Morgan fingerprint density at radius 1 is 0.769 bits per heavy atom. The van der Waals surface area contributed by atoms with Crippen LogP contribution < -0.4 is 0 Å². The van der Waals surface area contributed by atoms with Crippen molar-refractivity contribution in [1.82, 2.24) is 15.0 Å². The molecule has 0 radical (unpaired) electrons. The first-order chi connectivity index (χ1) is 12.6. The standard InChI is InChI=1S/C18H23N3O5/c1-4-10-24-11-7-14-19-15(8-12-25-17(22)5-2)21-16(20-14)9-13-26-18(23)6-3/h4-6H,1-3,7-13H2. The number of rotatable bonds is 13. The van der Waals surface area contributed by atoms with Crippen molar-refractivity contribution in [2.24, 2.45) is 0 Å². The number of hydrogen-bond acceptors (Lipinski definition) is 8. The lowest BCUT2D eigenvalue weighted by atomic mass is 10.3. The molecule has 0 unspecified atom stereocenters. The van der Waals surface area contributed by atoms with E-state index in [0.717, 1.165) is 12.2 Å². The Morgan fingerprint density at radius 2 is 1.19 bits per heavy atom. The first-order valence-corrected chi connectivity index (χ1v) is 8.08. The average molecular weight is 361 g/mol. The molecule has 1 aromatic heterocycles. The fourth-order valence-electron chi connectivity index (χ4n) is 1.79. The molecule has 0 amide bonds. The number of carbonyl (C=O) groups excluding carboxylic acids is 2. The largest absolute Gasteiger partial charge is 0.462 e. The summed E-state index contributed by atoms with van der Waals surface area (Å²) in [7, 11) is 0. The zero-order valence-electron chi connectivity index (χ0n) is 14.7. The molecule has 0 aliphatic carbocycles. The Labute approximate surface area is 152 Å². The van der Waals surface area contributed by atoms with Gasteiger partial charge in [0.05, 0.1) is 26.4 Å². The molecule has 26 heavy (non-hydrogen) atoms. The van der Waals surface area contributed by atoms with Gasteiger partial charge in [-0.2, -0.15) is 0 Å². The summed E-state index contributed by atoms with van der Waals surface area (Å²) in [5.41, 5.74) is 0. The molecule has 0 aliphatic heterocycles. The molecule has 0 bridgehead atoms. The van der Waals surface area contributed by atoms with Crippen LogP contribution in [0.2, 0.25) is 0 Å². The van der Waals surface area contributed by atoms with E-state index in [2.05, 4.69) is 34.7 Å². The van der Waals surface area contributed by atoms with Crippen molar-refractivity contribution in [2.75, 3.05) is 26.4 Å². The van der Waals surface area contributed by atoms with E-state index in [1.54, 1.807) is 6.08 Å². The first-order valence-electron chi connectivity index (χ1n) is 8.08. The zero-order valence-corrected chi connectivity index (χ0v) is 14.7.